The molecule has 2 heterocycles. The lowest BCUT2D eigenvalue weighted by atomic mass is 10.0. The van der Waals surface area contributed by atoms with Crippen molar-refractivity contribution in [2.75, 3.05) is 5.73 Å². The van der Waals surface area contributed by atoms with Crippen LogP contribution in [0.5, 0.6) is 0 Å². The molecule has 2 aromatic heterocycles. The van der Waals surface area contributed by atoms with Crippen LogP contribution in [0.15, 0.2) is 67.0 Å². The number of benzene rings is 2. The van der Waals surface area contributed by atoms with Crippen molar-refractivity contribution in [1.29, 1.82) is 0 Å². The molecule has 0 aliphatic rings. The van der Waals surface area contributed by atoms with E-state index < -0.39 is 0 Å². The van der Waals surface area contributed by atoms with E-state index in [1.807, 2.05) is 60.9 Å². The molecule has 0 fully saturated rings. The summed E-state index contributed by atoms with van der Waals surface area (Å²) in [7, 11) is 0. The number of halogens is 1. The van der Waals surface area contributed by atoms with Gasteiger partial charge in [0.05, 0.1) is 0 Å². The number of pyridine rings is 1. The maximum atomic E-state index is 5.98. The fourth-order valence-electron chi connectivity index (χ4n) is 2.75. The number of nitrogens with zero attached hydrogens (tertiary/aromatic N) is 1. The summed E-state index contributed by atoms with van der Waals surface area (Å²) in [5.74, 6) is 0. The van der Waals surface area contributed by atoms with Crippen LogP contribution >= 0.6 is 11.6 Å². The fourth-order valence-corrected chi connectivity index (χ4v) is 2.87. The molecule has 0 saturated carbocycles. The first-order chi connectivity index (χ1) is 11.2. The molecule has 112 valence electrons. The lowest BCUT2D eigenvalue weighted by Gasteiger charge is -2.04. The van der Waals surface area contributed by atoms with Gasteiger partial charge in [0.1, 0.15) is 5.65 Å². The topological polar surface area (TPSA) is 54.7 Å². The largest absolute Gasteiger partial charge is 0.399 e. The van der Waals surface area contributed by atoms with Gasteiger partial charge in [-0.2, -0.15) is 0 Å². The zero-order chi connectivity index (χ0) is 15.8. The molecule has 0 atom stereocenters. The first-order valence-corrected chi connectivity index (χ1v) is 7.67. The van der Waals surface area contributed by atoms with Crippen LogP contribution in [0.1, 0.15) is 0 Å². The van der Waals surface area contributed by atoms with Crippen molar-refractivity contribution in [1.82, 2.24) is 9.97 Å². The van der Waals surface area contributed by atoms with Crippen molar-refractivity contribution in [2.24, 2.45) is 0 Å². The molecule has 3 nitrogen and oxygen atoms in total. The number of aromatic amines is 1. The predicted octanol–water partition coefficient (Wildman–Crippen LogP) is 5.13. The number of hydrogen-bond acceptors (Lipinski definition) is 2. The van der Waals surface area contributed by atoms with Crippen molar-refractivity contribution in [2.45, 2.75) is 0 Å². The first kappa shape index (κ1) is 13.9. The molecule has 0 unspecified atom stereocenters. The minimum absolute atomic E-state index is 0.729. The van der Waals surface area contributed by atoms with Gasteiger partial charge in [0.25, 0.3) is 0 Å². The van der Waals surface area contributed by atoms with Gasteiger partial charge < -0.3 is 10.7 Å². The van der Waals surface area contributed by atoms with Crippen LogP contribution in [0.25, 0.3) is 33.3 Å². The average Bonchev–Trinajstić information content (AvgIpc) is 2.99. The van der Waals surface area contributed by atoms with Gasteiger partial charge in [0.2, 0.25) is 0 Å². The number of anilines is 1. The van der Waals surface area contributed by atoms with E-state index in [9.17, 15) is 0 Å². The van der Waals surface area contributed by atoms with Crippen LogP contribution in [0.2, 0.25) is 5.02 Å². The quantitative estimate of drug-likeness (QED) is 0.503. The Labute approximate surface area is 138 Å². The smallest absolute Gasteiger partial charge is 0.137 e. The van der Waals surface area contributed by atoms with Crippen LogP contribution in [-0.2, 0) is 0 Å². The Balaban J connectivity index is 1.88. The zero-order valence-electron chi connectivity index (χ0n) is 12.3. The van der Waals surface area contributed by atoms with Crippen LogP contribution in [0, 0.1) is 0 Å². The van der Waals surface area contributed by atoms with E-state index in [1.165, 1.54) is 0 Å². The first-order valence-electron chi connectivity index (χ1n) is 7.30. The van der Waals surface area contributed by atoms with E-state index in [4.69, 9.17) is 17.3 Å². The molecule has 3 N–H and O–H groups in total. The Morgan fingerprint density at radius 1 is 0.913 bits per heavy atom. The number of nitrogens with one attached hydrogen (secondary N) is 1. The number of H-pyrrole nitrogens is 1. The van der Waals surface area contributed by atoms with E-state index in [1.54, 1.807) is 0 Å². The lowest BCUT2D eigenvalue weighted by Crippen LogP contribution is -1.86. The second kappa shape index (κ2) is 5.45. The summed E-state index contributed by atoms with van der Waals surface area (Å²) < 4.78 is 0. The van der Waals surface area contributed by atoms with Crippen molar-refractivity contribution in [3.05, 3.63) is 72.0 Å². The van der Waals surface area contributed by atoms with Gasteiger partial charge in [-0.3, -0.25) is 0 Å². The maximum Gasteiger partial charge on any atom is 0.137 e. The van der Waals surface area contributed by atoms with Crippen LogP contribution in [0.4, 0.5) is 5.69 Å². The highest BCUT2D eigenvalue weighted by atomic mass is 35.5. The van der Waals surface area contributed by atoms with Crippen LogP contribution < -0.4 is 5.73 Å². The van der Waals surface area contributed by atoms with Crippen molar-refractivity contribution in [3.63, 3.8) is 0 Å². The fraction of sp³-hybridized carbons (Fsp3) is 0. The third-order valence-electron chi connectivity index (χ3n) is 3.91. The molecule has 0 spiro atoms. The Morgan fingerprint density at radius 2 is 1.74 bits per heavy atom. The summed E-state index contributed by atoms with van der Waals surface area (Å²) in [6.45, 7) is 0. The Hall–Kier alpha value is -2.78. The van der Waals surface area contributed by atoms with Gasteiger partial charge in [-0.15, -0.1) is 0 Å². The van der Waals surface area contributed by atoms with E-state index in [0.29, 0.717) is 0 Å². The molecule has 0 aliphatic carbocycles. The predicted molar refractivity (Wildman–Crippen MR) is 96.4 cm³/mol. The summed E-state index contributed by atoms with van der Waals surface area (Å²) in [5, 5.41) is 1.81. The van der Waals surface area contributed by atoms with Gasteiger partial charge in [-0.1, -0.05) is 35.9 Å². The third kappa shape index (κ3) is 2.56. The highest BCUT2D eigenvalue weighted by Gasteiger charge is 2.09. The third-order valence-corrected chi connectivity index (χ3v) is 4.16. The van der Waals surface area contributed by atoms with Gasteiger partial charge in [-0.25, -0.2) is 4.98 Å². The number of fused-ring (bicyclic) bond motifs is 1. The molecule has 0 aliphatic heterocycles. The molecule has 0 amide bonds. The van der Waals surface area contributed by atoms with Crippen molar-refractivity contribution >= 4 is 28.3 Å². The summed E-state index contributed by atoms with van der Waals surface area (Å²) >= 11 is 5.98. The minimum Gasteiger partial charge on any atom is -0.399 e. The van der Waals surface area contributed by atoms with Crippen molar-refractivity contribution in [3.8, 4) is 22.3 Å². The van der Waals surface area contributed by atoms with E-state index >= 15 is 0 Å². The molecule has 23 heavy (non-hydrogen) atoms. The Kier molecular flexibility index (Phi) is 3.28. The van der Waals surface area contributed by atoms with E-state index in [-0.39, 0.29) is 0 Å². The molecular weight excluding hydrogens is 306 g/mol. The number of nitrogen functional groups attached to an aromatic ring is 1. The normalized spacial score (nSPS) is 11.0. The molecular formula is C19H14ClN3. The van der Waals surface area contributed by atoms with Crippen LogP contribution in [0.3, 0.4) is 0 Å². The van der Waals surface area contributed by atoms with Gasteiger partial charge in [-0.05, 0) is 41.5 Å². The summed E-state index contributed by atoms with van der Waals surface area (Å²) in [5.41, 5.74) is 11.8. The Morgan fingerprint density at radius 3 is 2.52 bits per heavy atom. The number of nitrogens with two attached hydrogens (primary N) is 1. The van der Waals surface area contributed by atoms with Gasteiger partial charge >= 0.3 is 0 Å². The summed E-state index contributed by atoms with van der Waals surface area (Å²) in [6.07, 6.45) is 3.84. The number of rotatable bonds is 2. The molecule has 4 rings (SSSR count). The maximum absolute atomic E-state index is 5.98. The average molecular weight is 320 g/mol. The lowest BCUT2D eigenvalue weighted by molar-refractivity contribution is 1.33. The summed E-state index contributed by atoms with van der Waals surface area (Å²) in [4.78, 5) is 7.75. The van der Waals surface area contributed by atoms with Crippen LogP contribution in [-0.4, -0.2) is 9.97 Å². The number of hydrogen-bond donors (Lipinski definition) is 2. The molecule has 0 radical (unpaired) electrons. The standard InChI is InChI=1S/C19H14ClN3/c20-15-6-4-12(5-7-15)18-11-23-19-17(18)9-14(10-22-19)13-2-1-3-16(21)8-13/h1-11H,21H2,(H,22,23). The molecule has 0 bridgehead atoms. The SMILES string of the molecule is Nc1cccc(-c2cnc3[nH]cc(-c4ccc(Cl)cc4)c3c2)c1. The summed E-state index contributed by atoms with van der Waals surface area (Å²) in [6, 6.07) is 17.8. The second-order valence-corrected chi connectivity index (χ2v) is 5.89. The highest BCUT2D eigenvalue weighted by molar-refractivity contribution is 6.30. The van der Waals surface area contributed by atoms with Gasteiger partial charge in [0.15, 0.2) is 0 Å². The molecule has 4 aromatic rings. The molecule has 4 heteroatoms. The van der Waals surface area contributed by atoms with Crippen molar-refractivity contribution < 1.29 is 0 Å². The van der Waals surface area contributed by atoms with E-state index in [2.05, 4.69) is 16.0 Å². The molecule has 2 aromatic carbocycles. The monoisotopic (exact) mass is 319 g/mol. The van der Waals surface area contributed by atoms with E-state index in [0.717, 1.165) is 44.0 Å². The minimum atomic E-state index is 0.729. The van der Waals surface area contributed by atoms with Gasteiger partial charge in [0, 0.05) is 39.6 Å². The highest BCUT2D eigenvalue weighted by Crippen LogP contribution is 2.31. The number of aromatic nitrogens is 2. The second-order valence-electron chi connectivity index (χ2n) is 5.45. The zero-order valence-corrected chi connectivity index (χ0v) is 13.0. The molecule has 0 saturated heterocycles. The Bertz CT molecular complexity index is 987.